The number of hydrogen-bond donors (Lipinski definition) is 1. The Morgan fingerprint density at radius 3 is 2.22 bits per heavy atom. The number of hydrogen-bond acceptors (Lipinski definition) is 5. The summed E-state index contributed by atoms with van der Waals surface area (Å²) in [5.74, 6) is -2.00. The molecule has 4 rings (SSSR count). The van der Waals surface area contributed by atoms with Gasteiger partial charge in [-0.3, -0.25) is 19.3 Å². The zero-order chi connectivity index (χ0) is 26.7. The van der Waals surface area contributed by atoms with Gasteiger partial charge in [0.2, 0.25) is 0 Å². The second-order valence-corrected chi connectivity index (χ2v) is 9.52. The van der Waals surface area contributed by atoms with Gasteiger partial charge in [-0.25, -0.2) is 0 Å². The highest BCUT2D eigenvalue weighted by Crippen LogP contribution is 2.42. The van der Waals surface area contributed by atoms with Crippen molar-refractivity contribution in [1.29, 1.82) is 0 Å². The van der Waals surface area contributed by atoms with Crippen LogP contribution in [0, 0.1) is 6.92 Å². The van der Waals surface area contributed by atoms with Gasteiger partial charge in [0, 0.05) is 11.3 Å². The minimum atomic E-state index is -0.803. The van der Waals surface area contributed by atoms with Crippen molar-refractivity contribution in [2.45, 2.75) is 52.7 Å². The van der Waals surface area contributed by atoms with Gasteiger partial charge in [-0.05, 0) is 56.0 Å². The first-order chi connectivity index (χ1) is 17.7. The zero-order valence-electron chi connectivity index (χ0n) is 21.5. The van der Waals surface area contributed by atoms with Gasteiger partial charge in [-0.2, -0.15) is 0 Å². The van der Waals surface area contributed by atoms with Gasteiger partial charge < -0.3 is 9.84 Å². The number of nitrogens with zero attached hydrogens (tertiary/aromatic N) is 1. The van der Waals surface area contributed by atoms with E-state index >= 15 is 0 Å². The number of carbonyl (C=O) groups is 3. The Bertz CT molecular complexity index is 1350. The van der Waals surface area contributed by atoms with Gasteiger partial charge in [0.05, 0.1) is 24.1 Å². The number of carbonyl (C=O) groups excluding carboxylic acids is 3. The van der Waals surface area contributed by atoms with Crippen molar-refractivity contribution in [2.24, 2.45) is 0 Å². The summed E-state index contributed by atoms with van der Waals surface area (Å²) in [7, 11) is 0. The monoisotopic (exact) mass is 497 g/mol. The van der Waals surface area contributed by atoms with Crippen molar-refractivity contribution in [1.82, 2.24) is 0 Å². The number of ketones is 1. The van der Waals surface area contributed by atoms with Crippen molar-refractivity contribution in [3.8, 4) is 0 Å². The van der Waals surface area contributed by atoms with Crippen molar-refractivity contribution in [3.05, 3.63) is 106 Å². The molecule has 1 aliphatic rings. The Balaban J connectivity index is 1.78. The van der Waals surface area contributed by atoms with E-state index in [9.17, 15) is 19.5 Å². The fraction of sp³-hybridized carbons (Fsp3) is 0.258. The second-order valence-electron chi connectivity index (χ2n) is 9.52. The van der Waals surface area contributed by atoms with Crippen LogP contribution in [0.5, 0.6) is 0 Å². The van der Waals surface area contributed by atoms with Crippen LogP contribution >= 0.6 is 0 Å². The molecule has 1 heterocycles. The molecule has 0 saturated carbocycles. The molecule has 0 aliphatic carbocycles. The number of aliphatic hydroxyl groups excluding tert-OH is 1. The molecule has 1 N–H and O–H groups in total. The van der Waals surface area contributed by atoms with E-state index in [-0.39, 0.29) is 29.8 Å². The van der Waals surface area contributed by atoms with E-state index in [1.165, 1.54) is 4.90 Å². The standard InChI is InChI=1S/C31H31NO5/c1-5-21-9-13-23(14-10-21)29(34)27-28(24-8-6-7-20(4)17-24)32(31(36)30(27)35)25-15-11-22(12-16-25)18-26(33)37-19(2)3/h6-17,19,28,34H,5,18H2,1-4H3/b29-27-. The summed E-state index contributed by atoms with van der Waals surface area (Å²) in [5, 5.41) is 11.3. The van der Waals surface area contributed by atoms with E-state index < -0.39 is 17.7 Å². The fourth-order valence-electron chi connectivity index (χ4n) is 4.55. The Labute approximate surface area is 217 Å². The molecule has 0 bridgehead atoms. The highest BCUT2D eigenvalue weighted by Gasteiger charge is 2.47. The number of anilines is 1. The highest BCUT2D eigenvalue weighted by atomic mass is 16.5. The molecule has 3 aromatic rings. The van der Waals surface area contributed by atoms with E-state index in [0.717, 1.165) is 28.7 Å². The number of rotatable bonds is 7. The summed E-state index contributed by atoms with van der Waals surface area (Å²) in [6.07, 6.45) is 0.748. The molecule has 37 heavy (non-hydrogen) atoms. The van der Waals surface area contributed by atoms with Crippen LogP contribution in [0.1, 0.15) is 54.6 Å². The Hall–Kier alpha value is -4.19. The van der Waals surface area contributed by atoms with Crippen molar-refractivity contribution >= 4 is 29.1 Å². The highest BCUT2D eigenvalue weighted by molar-refractivity contribution is 6.51. The maximum Gasteiger partial charge on any atom is 0.310 e. The van der Waals surface area contributed by atoms with E-state index in [1.54, 1.807) is 50.2 Å². The average Bonchev–Trinajstić information content (AvgIpc) is 3.14. The molecule has 1 unspecified atom stereocenters. The molecule has 1 saturated heterocycles. The number of ether oxygens (including phenoxy) is 1. The third-order valence-corrected chi connectivity index (χ3v) is 6.37. The largest absolute Gasteiger partial charge is 0.507 e. The molecule has 6 nitrogen and oxygen atoms in total. The van der Waals surface area contributed by atoms with Gasteiger partial charge >= 0.3 is 5.97 Å². The third kappa shape index (κ3) is 5.48. The van der Waals surface area contributed by atoms with E-state index in [4.69, 9.17) is 4.74 Å². The minimum absolute atomic E-state index is 0.0458. The van der Waals surface area contributed by atoms with Crippen LogP contribution in [0.15, 0.2) is 78.4 Å². The van der Waals surface area contributed by atoms with Gasteiger partial charge in [-0.15, -0.1) is 0 Å². The average molecular weight is 498 g/mol. The lowest BCUT2D eigenvalue weighted by Crippen LogP contribution is -2.29. The van der Waals surface area contributed by atoms with E-state index in [0.29, 0.717) is 11.3 Å². The number of aryl methyl sites for hydroxylation is 2. The summed E-state index contributed by atoms with van der Waals surface area (Å²) in [6.45, 7) is 7.56. The molecule has 1 atom stereocenters. The number of amides is 1. The van der Waals surface area contributed by atoms with Gasteiger partial charge in [-0.1, -0.05) is 73.2 Å². The lowest BCUT2D eigenvalue weighted by molar-refractivity contribution is -0.146. The number of aliphatic hydroxyl groups is 1. The Morgan fingerprint density at radius 2 is 1.62 bits per heavy atom. The smallest absolute Gasteiger partial charge is 0.310 e. The molecule has 0 radical (unpaired) electrons. The Morgan fingerprint density at radius 1 is 0.973 bits per heavy atom. The third-order valence-electron chi connectivity index (χ3n) is 6.37. The first-order valence-corrected chi connectivity index (χ1v) is 12.4. The fourth-order valence-corrected chi connectivity index (χ4v) is 4.55. The van der Waals surface area contributed by atoms with E-state index in [2.05, 4.69) is 0 Å². The molecule has 1 aliphatic heterocycles. The van der Waals surface area contributed by atoms with Crippen LogP contribution in [0.3, 0.4) is 0 Å². The number of esters is 1. The summed E-state index contributed by atoms with van der Waals surface area (Å²) in [5.41, 5.74) is 4.54. The minimum Gasteiger partial charge on any atom is -0.507 e. The van der Waals surface area contributed by atoms with Crippen molar-refractivity contribution < 1.29 is 24.2 Å². The number of Topliss-reactive ketones (excluding diaryl/α,β-unsaturated/α-hetero) is 1. The molecule has 0 spiro atoms. The second kappa shape index (κ2) is 10.8. The summed E-state index contributed by atoms with van der Waals surface area (Å²) >= 11 is 0. The molecular formula is C31H31NO5. The molecule has 0 aromatic heterocycles. The predicted octanol–water partition coefficient (Wildman–Crippen LogP) is 5.68. The van der Waals surface area contributed by atoms with Gasteiger partial charge in [0.25, 0.3) is 11.7 Å². The topological polar surface area (TPSA) is 83.9 Å². The van der Waals surface area contributed by atoms with Crippen LogP contribution in [0.25, 0.3) is 5.76 Å². The molecule has 1 amide bonds. The summed E-state index contributed by atoms with van der Waals surface area (Å²) in [4.78, 5) is 40.2. The molecule has 6 heteroatoms. The zero-order valence-corrected chi connectivity index (χ0v) is 21.5. The summed E-state index contributed by atoms with van der Waals surface area (Å²) in [6, 6.07) is 21.0. The van der Waals surface area contributed by atoms with Crippen LogP contribution in [-0.4, -0.2) is 28.9 Å². The maximum atomic E-state index is 13.4. The molecular weight excluding hydrogens is 466 g/mol. The lowest BCUT2D eigenvalue weighted by Gasteiger charge is -2.26. The normalized spacial score (nSPS) is 16.9. The number of benzene rings is 3. The van der Waals surface area contributed by atoms with Crippen molar-refractivity contribution in [3.63, 3.8) is 0 Å². The van der Waals surface area contributed by atoms with Crippen LogP contribution < -0.4 is 4.90 Å². The SMILES string of the molecule is CCc1ccc(/C(O)=C2/C(=O)C(=O)N(c3ccc(CC(=O)OC(C)C)cc3)C2c2cccc(C)c2)cc1. The van der Waals surface area contributed by atoms with E-state index in [1.807, 2.05) is 50.2 Å². The molecule has 3 aromatic carbocycles. The molecule has 1 fully saturated rings. The summed E-state index contributed by atoms with van der Waals surface area (Å²) < 4.78 is 5.22. The van der Waals surface area contributed by atoms with Gasteiger partial charge in [0.1, 0.15) is 5.76 Å². The van der Waals surface area contributed by atoms with Crippen LogP contribution in [0.2, 0.25) is 0 Å². The maximum absolute atomic E-state index is 13.4. The first-order valence-electron chi connectivity index (χ1n) is 12.4. The lowest BCUT2D eigenvalue weighted by atomic mass is 9.94. The molecule has 190 valence electrons. The predicted molar refractivity (Wildman–Crippen MR) is 143 cm³/mol. The van der Waals surface area contributed by atoms with Gasteiger partial charge in [0.15, 0.2) is 0 Å². The first kappa shape index (κ1) is 25.9. The van der Waals surface area contributed by atoms with Crippen LogP contribution in [0.4, 0.5) is 5.69 Å². The quantitative estimate of drug-likeness (QED) is 0.197. The van der Waals surface area contributed by atoms with Crippen LogP contribution in [-0.2, 0) is 32.0 Å². The Kier molecular flexibility index (Phi) is 7.58. The van der Waals surface area contributed by atoms with Crippen molar-refractivity contribution in [2.75, 3.05) is 4.90 Å².